The molecule has 1 aliphatic heterocycles. The highest BCUT2D eigenvalue weighted by molar-refractivity contribution is 6.32. The van der Waals surface area contributed by atoms with E-state index < -0.39 is 0 Å². The first kappa shape index (κ1) is 14.3. The Kier molecular flexibility index (Phi) is 4.37. The summed E-state index contributed by atoms with van der Waals surface area (Å²) in [7, 11) is 0. The van der Waals surface area contributed by atoms with Crippen molar-refractivity contribution in [2.75, 3.05) is 13.1 Å². The monoisotopic (exact) mass is 301 g/mol. The first-order chi connectivity index (χ1) is 10.3. The van der Waals surface area contributed by atoms with Crippen LogP contribution in [0.25, 0.3) is 12.2 Å². The van der Waals surface area contributed by atoms with E-state index in [-0.39, 0.29) is 5.82 Å². The fourth-order valence-corrected chi connectivity index (χ4v) is 2.98. The van der Waals surface area contributed by atoms with Crippen molar-refractivity contribution in [3.05, 3.63) is 69.5 Å². The van der Waals surface area contributed by atoms with Gasteiger partial charge in [-0.25, -0.2) is 4.39 Å². The third-order valence-electron chi connectivity index (χ3n) is 3.86. The van der Waals surface area contributed by atoms with Crippen LogP contribution in [0, 0.1) is 5.82 Å². The number of rotatable bonds is 2. The highest BCUT2D eigenvalue weighted by Gasteiger charge is 2.13. The number of benzene rings is 2. The van der Waals surface area contributed by atoms with Gasteiger partial charge in [-0.3, -0.25) is 0 Å². The van der Waals surface area contributed by atoms with Crippen LogP contribution in [0.3, 0.4) is 0 Å². The Hall–Kier alpha value is -1.64. The maximum Gasteiger partial charge on any atom is 0.130 e. The first-order valence-electron chi connectivity index (χ1n) is 7.19. The zero-order valence-corrected chi connectivity index (χ0v) is 12.5. The molecule has 1 heterocycles. The van der Waals surface area contributed by atoms with Crippen molar-refractivity contribution in [2.45, 2.75) is 12.8 Å². The summed E-state index contributed by atoms with van der Waals surface area (Å²) < 4.78 is 13.7. The van der Waals surface area contributed by atoms with E-state index in [0.29, 0.717) is 5.56 Å². The summed E-state index contributed by atoms with van der Waals surface area (Å²) in [6.45, 7) is 1.94. The Labute approximate surface area is 129 Å². The number of hydrogen-bond acceptors (Lipinski definition) is 1. The minimum Gasteiger partial charge on any atom is -0.316 e. The SMILES string of the molecule is Fc1ccccc1/C=C\c1c(Cl)ccc2c1CCNCC2. The van der Waals surface area contributed by atoms with Gasteiger partial charge in [0.05, 0.1) is 0 Å². The maximum absolute atomic E-state index is 13.7. The van der Waals surface area contributed by atoms with Crippen LogP contribution < -0.4 is 5.32 Å². The zero-order chi connectivity index (χ0) is 14.7. The molecule has 0 radical (unpaired) electrons. The molecule has 3 heteroatoms. The molecule has 21 heavy (non-hydrogen) atoms. The van der Waals surface area contributed by atoms with Crippen LogP contribution in [0.4, 0.5) is 4.39 Å². The second-order valence-corrected chi connectivity index (χ2v) is 5.61. The summed E-state index contributed by atoms with van der Waals surface area (Å²) in [6, 6.07) is 10.8. The van der Waals surface area contributed by atoms with Gasteiger partial charge in [0.1, 0.15) is 5.82 Å². The molecule has 1 nitrogen and oxygen atoms in total. The van der Waals surface area contributed by atoms with E-state index >= 15 is 0 Å². The molecule has 2 aromatic carbocycles. The fourth-order valence-electron chi connectivity index (χ4n) is 2.74. The molecule has 0 fully saturated rings. The van der Waals surface area contributed by atoms with Gasteiger partial charge in [-0.05, 0) is 54.8 Å². The lowest BCUT2D eigenvalue weighted by Crippen LogP contribution is -2.16. The van der Waals surface area contributed by atoms with Crippen molar-refractivity contribution in [1.29, 1.82) is 0 Å². The minimum atomic E-state index is -0.214. The maximum atomic E-state index is 13.7. The van der Waals surface area contributed by atoms with E-state index in [1.165, 1.54) is 17.2 Å². The summed E-state index contributed by atoms with van der Waals surface area (Å²) in [4.78, 5) is 0. The van der Waals surface area contributed by atoms with E-state index in [1.807, 2.05) is 18.2 Å². The smallest absolute Gasteiger partial charge is 0.130 e. The second-order valence-electron chi connectivity index (χ2n) is 5.20. The van der Waals surface area contributed by atoms with Gasteiger partial charge < -0.3 is 5.32 Å². The van der Waals surface area contributed by atoms with E-state index in [4.69, 9.17) is 11.6 Å². The van der Waals surface area contributed by atoms with E-state index in [0.717, 1.165) is 36.5 Å². The highest BCUT2D eigenvalue weighted by Crippen LogP contribution is 2.27. The predicted octanol–water partition coefficient (Wildman–Crippen LogP) is 4.34. The molecule has 0 aliphatic carbocycles. The molecule has 0 atom stereocenters. The molecule has 0 bridgehead atoms. The van der Waals surface area contributed by atoms with Crippen LogP contribution in [-0.4, -0.2) is 13.1 Å². The van der Waals surface area contributed by atoms with Crippen LogP contribution >= 0.6 is 11.6 Å². The molecule has 0 spiro atoms. The Morgan fingerprint density at radius 1 is 1.00 bits per heavy atom. The molecule has 3 rings (SSSR count). The van der Waals surface area contributed by atoms with Gasteiger partial charge in [-0.1, -0.05) is 48.0 Å². The van der Waals surface area contributed by atoms with Gasteiger partial charge >= 0.3 is 0 Å². The summed E-state index contributed by atoms with van der Waals surface area (Å²) in [5, 5.41) is 4.12. The second kappa shape index (κ2) is 6.42. The normalized spacial score (nSPS) is 15.0. The van der Waals surface area contributed by atoms with E-state index in [1.54, 1.807) is 18.2 Å². The molecule has 2 aromatic rings. The number of halogens is 2. The van der Waals surface area contributed by atoms with Gasteiger partial charge in [0.25, 0.3) is 0 Å². The summed E-state index contributed by atoms with van der Waals surface area (Å²) >= 11 is 6.36. The average molecular weight is 302 g/mol. The lowest BCUT2D eigenvalue weighted by Gasteiger charge is -2.11. The van der Waals surface area contributed by atoms with E-state index in [2.05, 4.69) is 11.4 Å². The molecular weight excluding hydrogens is 285 g/mol. The van der Waals surface area contributed by atoms with Crippen molar-refractivity contribution >= 4 is 23.8 Å². The molecule has 0 aromatic heterocycles. The average Bonchev–Trinajstić information content (AvgIpc) is 2.73. The van der Waals surface area contributed by atoms with Gasteiger partial charge in [0, 0.05) is 10.6 Å². The fraction of sp³-hybridized carbons (Fsp3) is 0.222. The van der Waals surface area contributed by atoms with E-state index in [9.17, 15) is 4.39 Å². The quantitative estimate of drug-likeness (QED) is 0.814. The van der Waals surface area contributed by atoms with Crippen LogP contribution in [0.1, 0.15) is 22.3 Å². The lowest BCUT2D eigenvalue weighted by atomic mass is 9.96. The predicted molar refractivity (Wildman–Crippen MR) is 87.1 cm³/mol. The summed E-state index contributed by atoms with van der Waals surface area (Å²) in [5.74, 6) is -0.214. The molecule has 1 aliphatic rings. The molecule has 1 N–H and O–H groups in total. The van der Waals surface area contributed by atoms with Crippen molar-refractivity contribution in [3.63, 3.8) is 0 Å². The van der Waals surface area contributed by atoms with Gasteiger partial charge in [-0.15, -0.1) is 0 Å². The van der Waals surface area contributed by atoms with Crippen LogP contribution in [0.15, 0.2) is 36.4 Å². The zero-order valence-electron chi connectivity index (χ0n) is 11.7. The molecule has 0 amide bonds. The van der Waals surface area contributed by atoms with Crippen molar-refractivity contribution < 1.29 is 4.39 Å². The summed E-state index contributed by atoms with van der Waals surface area (Å²) in [5.41, 5.74) is 4.21. The van der Waals surface area contributed by atoms with Crippen molar-refractivity contribution in [3.8, 4) is 0 Å². The largest absolute Gasteiger partial charge is 0.316 e. The third kappa shape index (κ3) is 3.17. The molecular formula is C18H17ClFN. The molecule has 0 saturated carbocycles. The van der Waals surface area contributed by atoms with Crippen LogP contribution in [0.5, 0.6) is 0 Å². The minimum absolute atomic E-state index is 0.214. The Morgan fingerprint density at radius 2 is 1.81 bits per heavy atom. The molecule has 108 valence electrons. The Balaban J connectivity index is 2.00. The Bertz CT molecular complexity index is 679. The van der Waals surface area contributed by atoms with Crippen LogP contribution in [-0.2, 0) is 12.8 Å². The summed E-state index contributed by atoms with van der Waals surface area (Å²) in [6.07, 6.45) is 5.69. The van der Waals surface area contributed by atoms with Crippen molar-refractivity contribution in [2.24, 2.45) is 0 Å². The van der Waals surface area contributed by atoms with Gasteiger partial charge in [-0.2, -0.15) is 0 Å². The van der Waals surface area contributed by atoms with Crippen molar-refractivity contribution in [1.82, 2.24) is 5.32 Å². The first-order valence-corrected chi connectivity index (χ1v) is 7.57. The lowest BCUT2D eigenvalue weighted by molar-refractivity contribution is 0.625. The molecule has 0 unspecified atom stereocenters. The number of hydrogen-bond donors (Lipinski definition) is 1. The van der Waals surface area contributed by atoms with Crippen LogP contribution in [0.2, 0.25) is 5.02 Å². The molecule has 0 saturated heterocycles. The number of nitrogens with one attached hydrogen (secondary N) is 1. The highest BCUT2D eigenvalue weighted by atomic mass is 35.5. The van der Waals surface area contributed by atoms with Gasteiger partial charge in [0.2, 0.25) is 0 Å². The number of fused-ring (bicyclic) bond motifs is 1. The van der Waals surface area contributed by atoms with Gasteiger partial charge in [0.15, 0.2) is 0 Å². The Morgan fingerprint density at radius 3 is 2.67 bits per heavy atom. The topological polar surface area (TPSA) is 12.0 Å². The third-order valence-corrected chi connectivity index (χ3v) is 4.19. The standard InChI is InChI=1S/C18H17ClFN/c19-17-8-6-13-9-11-21-12-10-15(13)16(17)7-5-14-3-1-2-4-18(14)20/h1-8,21H,9-12H2/b7-5-.